The van der Waals surface area contributed by atoms with E-state index in [1.807, 2.05) is 0 Å². The van der Waals surface area contributed by atoms with E-state index in [1.165, 1.54) is 7.11 Å². The summed E-state index contributed by atoms with van der Waals surface area (Å²) in [6.07, 6.45) is 0. The Labute approximate surface area is 152 Å². The van der Waals surface area contributed by atoms with Gasteiger partial charge in [0.2, 0.25) is 0 Å². The summed E-state index contributed by atoms with van der Waals surface area (Å²) < 4.78 is 36.0. The molecule has 0 radical (unpaired) electrons. The lowest BCUT2D eigenvalue weighted by molar-refractivity contribution is -0.146. The second kappa shape index (κ2) is 20.8. The molecule has 0 atom stereocenters. The summed E-state index contributed by atoms with van der Waals surface area (Å²) >= 11 is 3.28. The zero-order chi connectivity index (χ0) is 17.7. The Morgan fingerprint density at radius 1 is 0.625 bits per heavy atom. The van der Waals surface area contributed by atoms with Crippen LogP contribution in [0.4, 0.5) is 0 Å². The Hall–Kier alpha value is -0.290. The van der Waals surface area contributed by atoms with Crippen LogP contribution >= 0.6 is 15.9 Å². The molecule has 0 amide bonds. The van der Waals surface area contributed by atoms with Crippen molar-refractivity contribution in [3.63, 3.8) is 0 Å². The maximum absolute atomic E-state index is 10.7. The zero-order valence-corrected chi connectivity index (χ0v) is 15.9. The molecule has 0 N–H and O–H groups in total. The highest BCUT2D eigenvalue weighted by Gasteiger charge is 1.98. The fraction of sp³-hybridized carbons (Fsp3) is 0.933. The summed E-state index contributed by atoms with van der Waals surface area (Å²) in [5.74, 6) is -0.397. The van der Waals surface area contributed by atoms with Crippen molar-refractivity contribution < 1.29 is 38.0 Å². The van der Waals surface area contributed by atoms with E-state index in [-0.39, 0.29) is 6.61 Å². The van der Waals surface area contributed by atoms with Crippen molar-refractivity contribution >= 4 is 21.9 Å². The number of methoxy groups -OCH3 is 1. The number of alkyl halides is 1. The fourth-order valence-electron chi connectivity index (χ4n) is 1.37. The SMILES string of the molecule is COC(=O)COCCOCCOCCOCCOCCOCCBr. The monoisotopic (exact) mass is 416 g/mol. The fourth-order valence-corrected chi connectivity index (χ4v) is 1.60. The first-order chi connectivity index (χ1) is 11.8. The molecule has 0 aliphatic carbocycles. The van der Waals surface area contributed by atoms with Crippen LogP contribution in [0.15, 0.2) is 0 Å². The van der Waals surface area contributed by atoms with Crippen molar-refractivity contribution in [2.45, 2.75) is 0 Å². The third-order valence-corrected chi connectivity index (χ3v) is 2.85. The molecule has 0 heterocycles. The minimum atomic E-state index is -0.397. The Morgan fingerprint density at radius 3 is 1.29 bits per heavy atom. The summed E-state index contributed by atoms with van der Waals surface area (Å²) in [5, 5.41) is 0.838. The van der Waals surface area contributed by atoms with Crippen LogP contribution in [0.2, 0.25) is 0 Å². The molecule has 0 unspecified atom stereocenters. The molecule has 0 aliphatic heterocycles. The van der Waals surface area contributed by atoms with Crippen LogP contribution in [-0.4, -0.2) is 97.7 Å². The van der Waals surface area contributed by atoms with E-state index < -0.39 is 5.97 Å². The summed E-state index contributed by atoms with van der Waals surface area (Å²) in [6.45, 7) is 5.65. The number of rotatable bonds is 19. The molecule has 0 saturated carbocycles. The number of ether oxygens (including phenoxy) is 7. The summed E-state index contributed by atoms with van der Waals surface area (Å²) in [5.41, 5.74) is 0. The zero-order valence-electron chi connectivity index (χ0n) is 14.3. The third kappa shape index (κ3) is 19.8. The van der Waals surface area contributed by atoms with E-state index in [4.69, 9.17) is 28.4 Å². The van der Waals surface area contributed by atoms with Gasteiger partial charge in [0.15, 0.2) is 0 Å². The van der Waals surface area contributed by atoms with Crippen molar-refractivity contribution in [2.24, 2.45) is 0 Å². The highest BCUT2D eigenvalue weighted by molar-refractivity contribution is 9.09. The Balaban J connectivity index is 2.99. The van der Waals surface area contributed by atoms with Crippen molar-refractivity contribution in [1.82, 2.24) is 0 Å². The Kier molecular flexibility index (Phi) is 20.5. The molecule has 0 spiro atoms. The lowest BCUT2D eigenvalue weighted by Crippen LogP contribution is -2.15. The van der Waals surface area contributed by atoms with Crippen molar-refractivity contribution in [1.29, 1.82) is 0 Å². The first-order valence-electron chi connectivity index (χ1n) is 7.90. The van der Waals surface area contributed by atoms with Crippen LogP contribution < -0.4 is 0 Å². The lowest BCUT2D eigenvalue weighted by atomic mass is 10.6. The van der Waals surface area contributed by atoms with Crippen molar-refractivity contribution in [3.05, 3.63) is 0 Å². The first kappa shape index (κ1) is 23.7. The van der Waals surface area contributed by atoms with Crippen LogP contribution in [0.25, 0.3) is 0 Å². The van der Waals surface area contributed by atoms with Gasteiger partial charge in [-0.1, -0.05) is 15.9 Å². The van der Waals surface area contributed by atoms with Gasteiger partial charge in [0.1, 0.15) is 6.61 Å². The molecular weight excluding hydrogens is 388 g/mol. The number of esters is 1. The van der Waals surface area contributed by atoms with E-state index in [0.29, 0.717) is 72.7 Å². The number of hydrogen-bond acceptors (Lipinski definition) is 8. The van der Waals surface area contributed by atoms with Gasteiger partial charge in [-0.05, 0) is 0 Å². The van der Waals surface area contributed by atoms with Gasteiger partial charge in [0.05, 0.1) is 79.8 Å². The molecule has 24 heavy (non-hydrogen) atoms. The molecule has 0 aromatic heterocycles. The number of halogens is 1. The average molecular weight is 417 g/mol. The van der Waals surface area contributed by atoms with Gasteiger partial charge in [-0.3, -0.25) is 0 Å². The Bertz CT molecular complexity index is 268. The smallest absolute Gasteiger partial charge is 0.331 e. The molecule has 9 heteroatoms. The molecule has 0 aromatic rings. The standard InChI is InChI=1S/C15H29BrO8/c1-18-15(17)14-24-13-12-23-11-10-22-9-8-21-7-6-20-5-4-19-3-2-16/h2-14H2,1H3. The molecule has 0 bridgehead atoms. The van der Waals surface area contributed by atoms with E-state index in [0.717, 1.165) is 5.33 Å². The van der Waals surface area contributed by atoms with Gasteiger partial charge in [-0.2, -0.15) is 0 Å². The third-order valence-electron chi connectivity index (χ3n) is 2.53. The summed E-state index contributed by atoms with van der Waals surface area (Å²) in [6, 6.07) is 0. The number of hydrogen-bond donors (Lipinski definition) is 0. The minimum Gasteiger partial charge on any atom is -0.467 e. The van der Waals surface area contributed by atoms with E-state index in [9.17, 15) is 4.79 Å². The molecular formula is C15H29BrO8. The van der Waals surface area contributed by atoms with Gasteiger partial charge in [0, 0.05) is 5.33 Å². The number of carbonyl (C=O) groups excluding carboxylic acids is 1. The van der Waals surface area contributed by atoms with E-state index in [1.54, 1.807) is 0 Å². The topological polar surface area (TPSA) is 81.7 Å². The van der Waals surface area contributed by atoms with Crippen molar-refractivity contribution in [2.75, 3.05) is 91.7 Å². The molecule has 0 saturated heterocycles. The van der Waals surface area contributed by atoms with Gasteiger partial charge < -0.3 is 33.2 Å². The van der Waals surface area contributed by atoms with Gasteiger partial charge in [0.25, 0.3) is 0 Å². The number of carbonyl (C=O) groups is 1. The average Bonchev–Trinajstić information content (AvgIpc) is 2.60. The van der Waals surface area contributed by atoms with Crippen LogP contribution in [0, 0.1) is 0 Å². The Morgan fingerprint density at radius 2 is 0.958 bits per heavy atom. The van der Waals surface area contributed by atoms with Crippen LogP contribution in [0.3, 0.4) is 0 Å². The van der Waals surface area contributed by atoms with Crippen molar-refractivity contribution in [3.8, 4) is 0 Å². The van der Waals surface area contributed by atoms with Gasteiger partial charge in [-0.15, -0.1) is 0 Å². The first-order valence-corrected chi connectivity index (χ1v) is 9.02. The predicted octanol–water partition coefficient (Wildman–Crippen LogP) is 0.654. The molecule has 0 aromatic carbocycles. The van der Waals surface area contributed by atoms with Gasteiger partial charge in [-0.25, -0.2) is 4.79 Å². The summed E-state index contributed by atoms with van der Waals surface area (Å²) in [4.78, 5) is 10.7. The second-order valence-electron chi connectivity index (χ2n) is 4.38. The van der Waals surface area contributed by atoms with Crippen LogP contribution in [0.5, 0.6) is 0 Å². The molecule has 0 fully saturated rings. The van der Waals surface area contributed by atoms with E-state index >= 15 is 0 Å². The molecule has 8 nitrogen and oxygen atoms in total. The second-order valence-corrected chi connectivity index (χ2v) is 5.17. The van der Waals surface area contributed by atoms with Crippen LogP contribution in [-0.2, 0) is 38.0 Å². The highest BCUT2D eigenvalue weighted by atomic mass is 79.9. The quantitative estimate of drug-likeness (QED) is 0.172. The molecule has 0 rings (SSSR count). The highest BCUT2D eigenvalue weighted by Crippen LogP contribution is 1.86. The maximum Gasteiger partial charge on any atom is 0.331 e. The largest absolute Gasteiger partial charge is 0.467 e. The molecule has 144 valence electrons. The maximum atomic E-state index is 10.7. The lowest BCUT2D eigenvalue weighted by Gasteiger charge is -2.08. The van der Waals surface area contributed by atoms with Crippen LogP contribution in [0.1, 0.15) is 0 Å². The van der Waals surface area contributed by atoms with E-state index in [2.05, 4.69) is 20.7 Å². The molecule has 0 aliphatic rings. The summed E-state index contributed by atoms with van der Waals surface area (Å²) in [7, 11) is 1.32. The predicted molar refractivity (Wildman–Crippen MR) is 90.7 cm³/mol. The minimum absolute atomic E-state index is 0.0543. The normalized spacial score (nSPS) is 10.9. The van der Waals surface area contributed by atoms with Gasteiger partial charge >= 0.3 is 5.97 Å².